The number of amides is 2. The first kappa shape index (κ1) is 20.7. The highest BCUT2D eigenvalue weighted by molar-refractivity contribution is 6.05. The number of aryl methyl sites for hydroxylation is 1. The third kappa shape index (κ3) is 4.45. The largest absolute Gasteiger partial charge is 0.497 e. The monoisotopic (exact) mass is 414 g/mol. The van der Waals surface area contributed by atoms with E-state index in [0.717, 1.165) is 36.3 Å². The van der Waals surface area contributed by atoms with Crippen LogP contribution in [0.1, 0.15) is 50.7 Å². The number of ether oxygens (including phenoxy) is 1. The van der Waals surface area contributed by atoms with Crippen molar-refractivity contribution < 1.29 is 14.3 Å². The molecule has 1 aliphatic rings. The van der Waals surface area contributed by atoms with Crippen LogP contribution >= 0.6 is 0 Å². The van der Waals surface area contributed by atoms with Crippen LogP contribution in [0.15, 0.2) is 72.8 Å². The molecule has 0 aliphatic carbocycles. The highest BCUT2D eigenvalue weighted by Gasteiger charge is 2.30. The number of anilines is 1. The van der Waals surface area contributed by atoms with E-state index in [0.29, 0.717) is 16.8 Å². The van der Waals surface area contributed by atoms with Crippen molar-refractivity contribution in [2.45, 2.75) is 25.8 Å². The lowest BCUT2D eigenvalue weighted by atomic mass is 10.0. The van der Waals surface area contributed by atoms with Gasteiger partial charge >= 0.3 is 0 Å². The third-order valence-electron chi connectivity index (χ3n) is 5.78. The average molecular weight is 415 g/mol. The first-order valence-corrected chi connectivity index (χ1v) is 10.5. The summed E-state index contributed by atoms with van der Waals surface area (Å²) in [6.45, 7) is 2.64. The molecule has 3 aromatic rings. The average Bonchev–Trinajstić information content (AvgIpc) is 3.30. The van der Waals surface area contributed by atoms with E-state index in [2.05, 4.69) is 5.32 Å². The molecule has 1 aliphatic heterocycles. The number of nitrogens with one attached hydrogen (secondary N) is 1. The van der Waals surface area contributed by atoms with Crippen molar-refractivity contribution >= 4 is 17.5 Å². The summed E-state index contributed by atoms with van der Waals surface area (Å²) in [5.41, 5.74) is 3.83. The Morgan fingerprint density at radius 3 is 2.42 bits per heavy atom. The minimum absolute atomic E-state index is 0.0199. The van der Waals surface area contributed by atoms with Crippen LogP contribution in [0.3, 0.4) is 0 Å². The van der Waals surface area contributed by atoms with Gasteiger partial charge < -0.3 is 15.0 Å². The Morgan fingerprint density at radius 2 is 1.71 bits per heavy atom. The second-order valence-corrected chi connectivity index (χ2v) is 7.78. The van der Waals surface area contributed by atoms with Crippen LogP contribution in [-0.2, 0) is 0 Å². The predicted molar refractivity (Wildman–Crippen MR) is 122 cm³/mol. The zero-order valence-corrected chi connectivity index (χ0v) is 17.8. The summed E-state index contributed by atoms with van der Waals surface area (Å²) in [7, 11) is 1.64. The van der Waals surface area contributed by atoms with Crippen LogP contribution in [0, 0.1) is 6.92 Å². The van der Waals surface area contributed by atoms with E-state index in [1.165, 1.54) is 0 Å². The smallest absolute Gasteiger partial charge is 0.255 e. The van der Waals surface area contributed by atoms with Gasteiger partial charge in [0.2, 0.25) is 0 Å². The van der Waals surface area contributed by atoms with Gasteiger partial charge in [-0.2, -0.15) is 0 Å². The van der Waals surface area contributed by atoms with Gasteiger partial charge in [0.05, 0.1) is 13.2 Å². The SMILES string of the molecule is COc1ccc(C2CCCN2C(=O)c2ccc(C)c(NC(=O)c3ccccc3)c2)cc1. The summed E-state index contributed by atoms with van der Waals surface area (Å²) in [6.07, 6.45) is 1.90. The maximum atomic E-state index is 13.4. The molecular formula is C26H26N2O3. The molecule has 158 valence electrons. The zero-order chi connectivity index (χ0) is 21.8. The van der Waals surface area contributed by atoms with Gasteiger partial charge in [0.1, 0.15) is 5.75 Å². The van der Waals surface area contributed by atoms with Gasteiger partial charge in [0.25, 0.3) is 11.8 Å². The van der Waals surface area contributed by atoms with Gasteiger partial charge in [-0.3, -0.25) is 9.59 Å². The highest BCUT2D eigenvalue weighted by atomic mass is 16.5. The lowest BCUT2D eigenvalue weighted by Crippen LogP contribution is -2.30. The van der Waals surface area contributed by atoms with Crippen LogP contribution in [0.25, 0.3) is 0 Å². The molecule has 0 radical (unpaired) electrons. The van der Waals surface area contributed by atoms with Gasteiger partial charge in [0.15, 0.2) is 0 Å². The minimum atomic E-state index is -0.189. The van der Waals surface area contributed by atoms with Crippen molar-refractivity contribution in [3.05, 3.63) is 95.1 Å². The number of carbonyl (C=O) groups excluding carboxylic acids is 2. The van der Waals surface area contributed by atoms with Gasteiger partial charge in [0, 0.05) is 23.4 Å². The Hall–Kier alpha value is -3.60. The fourth-order valence-electron chi connectivity index (χ4n) is 4.02. The summed E-state index contributed by atoms with van der Waals surface area (Å²) in [5.74, 6) is 0.594. The minimum Gasteiger partial charge on any atom is -0.497 e. The van der Waals surface area contributed by atoms with Crippen molar-refractivity contribution in [1.29, 1.82) is 0 Å². The molecule has 1 unspecified atom stereocenters. The van der Waals surface area contributed by atoms with Crippen molar-refractivity contribution in [2.75, 3.05) is 19.0 Å². The molecule has 0 saturated carbocycles. The molecule has 1 N–H and O–H groups in total. The molecule has 0 bridgehead atoms. The Labute approximate surface area is 182 Å². The lowest BCUT2D eigenvalue weighted by molar-refractivity contribution is 0.0735. The van der Waals surface area contributed by atoms with Crippen LogP contribution in [0.2, 0.25) is 0 Å². The zero-order valence-electron chi connectivity index (χ0n) is 17.8. The van der Waals surface area contributed by atoms with Crippen LogP contribution < -0.4 is 10.1 Å². The number of methoxy groups -OCH3 is 1. The van der Waals surface area contributed by atoms with E-state index >= 15 is 0 Å². The highest BCUT2D eigenvalue weighted by Crippen LogP contribution is 2.34. The Morgan fingerprint density at radius 1 is 0.968 bits per heavy atom. The molecule has 0 spiro atoms. The van der Waals surface area contributed by atoms with E-state index in [-0.39, 0.29) is 17.9 Å². The second kappa shape index (κ2) is 9.04. The molecule has 0 aromatic heterocycles. The number of likely N-dealkylation sites (tertiary alicyclic amines) is 1. The maximum absolute atomic E-state index is 13.4. The fourth-order valence-corrected chi connectivity index (χ4v) is 4.02. The lowest BCUT2D eigenvalue weighted by Gasteiger charge is -2.26. The Kier molecular flexibility index (Phi) is 6.03. The first-order chi connectivity index (χ1) is 15.1. The molecule has 2 amide bonds. The number of hydrogen-bond acceptors (Lipinski definition) is 3. The predicted octanol–water partition coefficient (Wildman–Crippen LogP) is 5.23. The summed E-state index contributed by atoms with van der Waals surface area (Å²) in [6, 6.07) is 22.5. The third-order valence-corrected chi connectivity index (χ3v) is 5.78. The molecule has 1 atom stereocenters. The summed E-state index contributed by atoms with van der Waals surface area (Å²) < 4.78 is 5.25. The van der Waals surface area contributed by atoms with Gasteiger partial charge in [-0.05, 0) is 67.3 Å². The van der Waals surface area contributed by atoms with Crippen LogP contribution in [0.4, 0.5) is 5.69 Å². The van der Waals surface area contributed by atoms with Crippen molar-refractivity contribution in [1.82, 2.24) is 4.90 Å². The summed E-state index contributed by atoms with van der Waals surface area (Å²) >= 11 is 0. The molecule has 3 aromatic carbocycles. The van der Waals surface area contributed by atoms with Crippen molar-refractivity contribution in [3.63, 3.8) is 0 Å². The number of nitrogens with zero attached hydrogens (tertiary/aromatic N) is 1. The fraction of sp³-hybridized carbons (Fsp3) is 0.231. The summed E-state index contributed by atoms with van der Waals surface area (Å²) in [4.78, 5) is 27.9. The van der Waals surface area contributed by atoms with Gasteiger partial charge in [-0.1, -0.05) is 36.4 Å². The molecular weight excluding hydrogens is 388 g/mol. The van der Waals surface area contributed by atoms with Gasteiger partial charge in [-0.25, -0.2) is 0 Å². The molecule has 1 heterocycles. The van der Waals surface area contributed by atoms with Crippen LogP contribution in [0.5, 0.6) is 5.75 Å². The second-order valence-electron chi connectivity index (χ2n) is 7.78. The Bertz CT molecular complexity index is 1080. The van der Waals surface area contributed by atoms with E-state index in [1.807, 2.05) is 66.4 Å². The maximum Gasteiger partial charge on any atom is 0.255 e. The summed E-state index contributed by atoms with van der Waals surface area (Å²) in [5, 5.41) is 2.94. The number of benzene rings is 3. The van der Waals surface area contributed by atoms with E-state index < -0.39 is 0 Å². The van der Waals surface area contributed by atoms with E-state index in [9.17, 15) is 9.59 Å². The van der Waals surface area contributed by atoms with E-state index in [1.54, 1.807) is 25.3 Å². The molecule has 5 heteroatoms. The van der Waals surface area contributed by atoms with Gasteiger partial charge in [-0.15, -0.1) is 0 Å². The molecule has 1 saturated heterocycles. The van der Waals surface area contributed by atoms with E-state index in [4.69, 9.17) is 4.74 Å². The molecule has 4 rings (SSSR count). The van der Waals surface area contributed by atoms with Crippen molar-refractivity contribution in [3.8, 4) is 5.75 Å². The molecule has 31 heavy (non-hydrogen) atoms. The number of hydrogen-bond donors (Lipinski definition) is 1. The molecule has 1 fully saturated rings. The van der Waals surface area contributed by atoms with Crippen molar-refractivity contribution in [2.24, 2.45) is 0 Å². The topological polar surface area (TPSA) is 58.6 Å². The number of carbonyl (C=O) groups is 2. The molecule has 5 nitrogen and oxygen atoms in total. The van der Waals surface area contributed by atoms with Crippen LogP contribution in [-0.4, -0.2) is 30.4 Å². The Balaban J connectivity index is 1.55. The standard InChI is InChI=1S/C26H26N2O3/c1-18-10-11-21(17-23(18)27-25(29)20-7-4-3-5-8-20)26(30)28-16-6-9-24(28)19-12-14-22(31-2)15-13-19/h3-5,7-8,10-15,17,24H,6,9,16H2,1-2H3,(H,27,29). The normalized spacial score (nSPS) is 15.5. The number of rotatable bonds is 5. The quantitative estimate of drug-likeness (QED) is 0.622. The first-order valence-electron chi connectivity index (χ1n) is 10.5.